The third kappa shape index (κ3) is 4.35. The second-order valence-electron chi connectivity index (χ2n) is 5.79. The number of para-hydroxylation sites is 2. The topological polar surface area (TPSA) is 79.8 Å². The van der Waals surface area contributed by atoms with Crippen molar-refractivity contribution in [1.82, 2.24) is 10.6 Å². The molecular weight excluding hydrogens is 284 g/mol. The normalized spacial score (nSPS) is 19.6. The molecule has 0 fully saturated rings. The van der Waals surface area contributed by atoms with Crippen LogP contribution in [-0.4, -0.2) is 48.5 Å². The second kappa shape index (κ2) is 7.47. The van der Waals surface area contributed by atoms with Gasteiger partial charge in [-0.1, -0.05) is 26.0 Å². The van der Waals surface area contributed by atoms with E-state index in [1.165, 1.54) is 0 Å². The highest BCUT2D eigenvalue weighted by molar-refractivity contribution is 5.81. The summed E-state index contributed by atoms with van der Waals surface area (Å²) in [7, 11) is 0. The molecule has 0 saturated carbocycles. The Morgan fingerprint density at radius 2 is 2.00 bits per heavy atom. The van der Waals surface area contributed by atoms with Crippen LogP contribution in [0, 0.1) is 0 Å². The van der Waals surface area contributed by atoms with E-state index >= 15 is 0 Å². The van der Waals surface area contributed by atoms with Crippen LogP contribution in [0.25, 0.3) is 0 Å². The van der Waals surface area contributed by atoms with Crippen molar-refractivity contribution in [1.29, 1.82) is 0 Å². The molecule has 6 heteroatoms. The van der Waals surface area contributed by atoms with Gasteiger partial charge in [0.2, 0.25) is 0 Å². The third-order valence-electron chi connectivity index (χ3n) is 3.48. The first-order valence-electron chi connectivity index (χ1n) is 7.57. The van der Waals surface area contributed by atoms with Crippen molar-refractivity contribution >= 4 is 5.91 Å². The van der Waals surface area contributed by atoms with E-state index in [1.807, 2.05) is 45.0 Å². The van der Waals surface area contributed by atoms with Crippen LogP contribution in [0.2, 0.25) is 0 Å². The number of ether oxygens (including phenoxy) is 2. The Labute approximate surface area is 130 Å². The van der Waals surface area contributed by atoms with Gasteiger partial charge in [0, 0.05) is 12.6 Å². The number of carbonyl (C=O) groups excluding carboxylic acids is 1. The summed E-state index contributed by atoms with van der Waals surface area (Å²) in [6, 6.07) is 7.37. The van der Waals surface area contributed by atoms with Crippen LogP contribution in [-0.2, 0) is 4.79 Å². The molecule has 1 aromatic carbocycles. The lowest BCUT2D eigenvalue weighted by Gasteiger charge is -2.31. The number of nitrogens with one attached hydrogen (secondary N) is 2. The van der Waals surface area contributed by atoms with Gasteiger partial charge in [0.1, 0.15) is 12.7 Å². The molecule has 122 valence electrons. The minimum Gasteiger partial charge on any atom is -0.486 e. The molecule has 0 radical (unpaired) electrons. The minimum atomic E-state index is -1.08. The van der Waals surface area contributed by atoms with Gasteiger partial charge in [0.05, 0.1) is 6.04 Å². The average molecular weight is 308 g/mol. The Hall–Kier alpha value is -1.79. The summed E-state index contributed by atoms with van der Waals surface area (Å²) in [5.74, 6) is 0.962. The van der Waals surface area contributed by atoms with Crippen LogP contribution in [0.3, 0.4) is 0 Å². The Morgan fingerprint density at radius 1 is 1.32 bits per heavy atom. The first-order valence-corrected chi connectivity index (χ1v) is 7.57. The molecule has 0 bridgehead atoms. The number of amides is 1. The number of hydrogen-bond donors (Lipinski definition) is 3. The molecule has 1 amide bonds. The molecule has 22 heavy (non-hydrogen) atoms. The predicted molar refractivity (Wildman–Crippen MR) is 83.1 cm³/mol. The van der Waals surface area contributed by atoms with Gasteiger partial charge in [-0.2, -0.15) is 0 Å². The van der Waals surface area contributed by atoms with Gasteiger partial charge in [-0.3, -0.25) is 4.79 Å². The highest BCUT2D eigenvalue weighted by Gasteiger charge is 2.28. The number of hydrogen-bond acceptors (Lipinski definition) is 5. The van der Waals surface area contributed by atoms with E-state index in [1.54, 1.807) is 0 Å². The van der Waals surface area contributed by atoms with Crippen LogP contribution in [0.1, 0.15) is 20.8 Å². The molecule has 1 heterocycles. The van der Waals surface area contributed by atoms with E-state index < -0.39 is 12.0 Å². The molecule has 6 nitrogen and oxygen atoms in total. The van der Waals surface area contributed by atoms with E-state index in [4.69, 9.17) is 9.47 Å². The molecule has 0 aliphatic carbocycles. The summed E-state index contributed by atoms with van der Waals surface area (Å²) in [6.45, 7) is 6.33. The standard InChI is InChI=1S/C16H24N2O4/c1-10(2)17-8-12(19)16(20)18-11(3)15-9-21-13-6-4-5-7-14(13)22-15/h4-7,10-12,15,17,19H,8-9H2,1-3H3,(H,18,20)/t11-,12-,15+/m1/s1. The van der Waals surface area contributed by atoms with Crippen LogP contribution in [0.15, 0.2) is 24.3 Å². The quantitative estimate of drug-likeness (QED) is 0.720. The molecule has 0 aromatic heterocycles. The molecule has 0 spiro atoms. The first kappa shape index (κ1) is 16.6. The summed E-state index contributed by atoms with van der Waals surface area (Å²) in [5, 5.41) is 15.6. The maximum Gasteiger partial charge on any atom is 0.250 e. The van der Waals surface area contributed by atoms with E-state index in [-0.39, 0.29) is 24.7 Å². The maximum absolute atomic E-state index is 12.0. The van der Waals surface area contributed by atoms with Crippen molar-refractivity contribution < 1.29 is 19.4 Å². The van der Waals surface area contributed by atoms with Gasteiger partial charge in [-0.25, -0.2) is 0 Å². The number of aliphatic hydroxyl groups is 1. The van der Waals surface area contributed by atoms with E-state index in [2.05, 4.69) is 10.6 Å². The number of benzene rings is 1. The summed E-state index contributed by atoms with van der Waals surface area (Å²) < 4.78 is 11.5. The molecule has 1 aliphatic heterocycles. The Morgan fingerprint density at radius 3 is 2.68 bits per heavy atom. The lowest BCUT2D eigenvalue weighted by Crippen LogP contribution is -2.52. The van der Waals surface area contributed by atoms with Crippen LogP contribution in [0.5, 0.6) is 11.5 Å². The number of aliphatic hydroxyl groups excluding tert-OH is 1. The van der Waals surface area contributed by atoms with Crippen LogP contribution < -0.4 is 20.1 Å². The molecule has 3 N–H and O–H groups in total. The van der Waals surface area contributed by atoms with Crippen molar-refractivity contribution in [3.05, 3.63) is 24.3 Å². The molecule has 2 rings (SSSR count). The number of fused-ring (bicyclic) bond motifs is 1. The fourth-order valence-electron chi connectivity index (χ4n) is 2.14. The number of rotatable bonds is 6. The van der Waals surface area contributed by atoms with Crippen molar-refractivity contribution in [2.75, 3.05) is 13.2 Å². The Kier molecular flexibility index (Phi) is 5.63. The second-order valence-corrected chi connectivity index (χ2v) is 5.79. The highest BCUT2D eigenvalue weighted by atomic mass is 16.6. The van der Waals surface area contributed by atoms with Crippen molar-refractivity contribution in [2.24, 2.45) is 0 Å². The Bertz CT molecular complexity index is 507. The fourth-order valence-corrected chi connectivity index (χ4v) is 2.14. The number of carbonyl (C=O) groups is 1. The summed E-state index contributed by atoms with van der Waals surface area (Å²) in [5.41, 5.74) is 0. The van der Waals surface area contributed by atoms with Crippen LogP contribution in [0.4, 0.5) is 0 Å². The zero-order valence-electron chi connectivity index (χ0n) is 13.2. The van der Waals surface area contributed by atoms with E-state index in [0.29, 0.717) is 18.1 Å². The van der Waals surface area contributed by atoms with Gasteiger partial charge in [0.25, 0.3) is 5.91 Å². The first-order chi connectivity index (χ1) is 10.5. The van der Waals surface area contributed by atoms with Crippen molar-refractivity contribution in [3.63, 3.8) is 0 Å². The largest absolute Gasteiger partial charge is 0.486 e. The zero-order chi connectivity index (χ0) is 16.1. The van der Waals surface area contributed by atoms with Crippen molar-refractivity contribution in [3.8, 4) is 11.5 Å². The smallest absolute Gasteiger partial charge is 0.250 e. The molecule has 1 aliphatic rings. The molecular formula is C16H24N2O4. The molecule has 0 unspecified atom stereocenters. The van der Waals surface area contributed by atoms with E-state index in [9.17, 15) is 9.90 Å². The summed E-state index contributed by atoms with van der Waals surface area (Å²) >= 11 is 0. The lowest BCUT2D eigenvalue weighted by molar-refractivity contribution is -0.130. The maximum atomic E-state index is 12.0. The van der Waals surface area contributed by atoms with Gasteiger partial charge in [-0.15, -0.1) is 0 Å². The van der Waals surface area contributed by atoms with E-state index in [0.717, 1.165) is 0 Å². The lowest BCUT2D eigenvalue weighted by atomic mass is 10.1. The monoisotopic (exact) mass is 308 g/mol. The molecule has 1 aromatic rings. The van der Waals surface area contributed by atoms with Gasteiger partial charge in [0.15, 0.2) is 17.6 Å². The summed E-state index contributed by atoms with van der Waals surface area (Å²) in [4.78, 5) is 12.0. The highest BCUT2D eigenvalue weighted by Crippen LogP contribution is 2.31. The van der Waals surface area contributed by atoms with Crippen LogP contribution >= 0.6 is 0 Å². The predicted octanol–water partition coefficient (Wildman–Crippen LogP) is 0.690. The van der Waals surface area contributed by atoms with Gasteiger partial charge >= 0.3 is 0 Å². The van der Waals surface area contributed by atoms with Gasteiger partial charge in [-0.05, 0) is 19.1 Å². The fraction of sp³-hybridized carbons (Fsp3) is 0.562. The molecule has 3 atom stereocenters. The third-order valence-corrected chi connectivity index (χ3v) is 3.48. The molecule has 0 saturated heterocycles. The van der Waals surface area contributed by atoms with Gasteiger partial charge < -0.3 is 25.2 Å². The zero-order valence-corrected chi connectivity index (χ0v) is 13.2. The van der Waals surface area contributed by atoms with Crippen molar-refractivity contribution in [2.45, 2.75) is 45.1 Å². The Balaban J connectivity index is 1.85. The minimum absolute atomic E-state index is 0.214. The SMILES string of the molecule is CC(C)NC[C@@H](O)C(=O)N[C@H](C)[C@@H]1COc2ccccc2O1. The average Bonchev–Trinajstić information content (AvgIpc) is 2.51. The summed E-state index contributed by atoms with van der Waals surface area (Å²) in [6.07, 6.45) is -1.37.